The summed E-state index contributed by atoms with van der Waals surface area (Å²) in [5, 5.41) is 0. The molecule has 4 heteroatoms. The summed E-state index contributed by atoms with van der Waals surface area (Å²) < 4.78 is 14.5. The SMILES string of the molecule is Cc1nc2c(n1-c1cccc(-c3ccccc3)c1)CCC1CC3(CC[C@]21C)OCCO3. The lowest BCUT2D eigenvalue weighted by Gasteiger charge is -2.49. The van der Waals surface area contributed by atoms with Crippen molar-refractivity contribution >= 4 is 0 Å². The van der Waals surface area contributed by atoms with Crippen molar-refractivity contribution in [3.63, 3.8) is 0 Å². The van der Waals surface area contributed by atoms with Gasteiger partial charge >= 0.3 is 0 Å². The highest BCUT2D eigenvalue weighted by atomic mass is 16.7. The first kappa shape index (κ1) is 19.3. The van der Waals surface area contributed by atoms with Crippen LogP contribution in [0.4, 0.5) is 0 Å². The molecule has 4 nitrogen and oxygen atoms in total. The Morgan fingerprint density at radius 2 is 1.74 bits per heavy atom. The first-order valence-electron chi connectivity index (χ1n) is 11.6. The molecule has 0 radical (unpaired) electrons. The van der Waals surface area contributed by atoms with Crippen LogP contribution in [-0.4, -0.2) is 28.6 Å². The van der Waals surface area contributed by atoms with Crippen molar-refractivity contribution in [2.75, 3.05) is 13.2 Å². The monoisotopic (exact) mass is 414 g/mol. The zero-order valence-electron chi connectivity index (χ0n) is 18.4. The fourth-order valence-electron chi connectivity index (χ4n) is 6.22. The first-order valence-corrected chi connectivity index (χ1v) is 11.6. The standard InChI is InChI=1S/C27H30N2O2/c1-19-28-25-24(12-11-22-18-27(30-15-16-31-27)14-13-26(22,25)2)29(19)23-10-6-9-21(17-23)20-7-4-3-5-8-20/h3-10,17,22H,11-16,18H2,1-2H3/t22?,26-/m0/s1. The van der Waals surface area contributed by atoms with Gasteiger partial charge < -0.3 is 14.0 Å². The predicted octanol–water partition coefficient (Wildman–Crippen LogP) is 5.59. The molecule has 160 valence electrons. The van der Waals surface area contributed by atoms with Crippen molar-refractivity contribution in [1.82, 2.24) is 9.55 Å². The van der Waals surface area contributed by atoms with E-state index in [1.807, 2.05) is 0 Å². The van der Waals surface area contributed by atoms with E-state index in [-0.39, 0.29) is 11.2 Å². The lowest BCUT2D eigenvalue weighted by molar-refractivity contribution is -0.199. The second-order valence-corrected chi connectivity index (χ2v) is 9.67. The zero-order chi connectivity index (χ0) is 21.1. The third-order valence-corrected chi connectivity index (χ3v) is 7.92. The van der Waals surface area contributed by atoms with Crippen molar-refractivity contribution in [3.8, 4) is 16.8 Å². The molecule has 3 aromatic rings. The van der Waals surface area contributed by atoms with Gasteiger partial charge in [-0.1, -0.05) is 49.4 Å². The number of fused-ring (bicyclic) bond motifs is 3. The van der Waals surface area contributed by atoms with Gasteiger partial charge in [0, 0.05) is 29.6 Å². The lowest BCUT2D eigenvalue weighted by Crippen LogP contribution is -2.49. The summed E-state index contributed by atoms with van der Waals surface area (Å²) in [5.41, 5.74) is 6.50. The Labute approximate surface area is 184 Å². The van der Waals surface area contributed by atoms with Gasteiger partial charge in [-0.3, -0.25) is 0 Å². The van der Waals surface area contributed by atoms with Gasteiger partial charge in [-0.15, -0.1) is 0 Å². The van der Waals surface area contributed by atoms with Crippen LogP contribution in [0, 0.1) is 12.8 Å². The molecule has 1 saturated carbocycles. The molecule has 2 atom stereocenters. The average molecular weight is 415 g/mol. The maximum atomic E-state index is 6.07. The van der Waals surface area contributed by atoms with Crippen molar-refractivity contribution in [1.29, 1.82) is 0 Å². The second kappa shape index (κ2) is 7.04. The molecule has 31 heavy (non-hydrogen) atoms. The Kier molecular flexibility index (Phi) is 4.38. The molecule has 1 unspecified atom stereocenters. The van der Waals surface area contributed by atoms with Crippen LogP contribution in [0.2, 0.25) is 0 Å². The normalized spacial score (nSPS) is 26.6. The summed E-state index contributed by atoms with van der Waals surface area (Å²) in [6.45, 7) is 6.05. The molecule has 1 aliphatic heterocycles. The van der Waals surface area contributed by atoms with Crippen LogP contribution in [0.3, 0.4) is 0 Å². The van der Waals surface area contributed by atoms with E-state index >= 15 is 0 Å². The fraction of sp³-hybridized carbons (Fsp3) is 0.444. The summed E-state index contributed by atoms with van der Waals surface area (Å²) in [6, 6.07) is 19.5. The molecule has 0 bridgehead atoms. The molecule has 2 heterocycles. The van der Waals surface area contributed by atoms with Crippen LogP contribution in [0.15, 0.2) is 54.6 Å². The number of ether oxygens (including phenoxy) is 2. The van der Waals surface area contributed by atoms with E-state index < -0.39 is 0 Å². The lowest BCUT2D eigenvalue weighted by atomic mass is 9.59. The van der Waals surface area contributed by atoms with Gasteiger partial charge in [-0.05, 0) is 55.4 Å². The number of aryl methyl sites for hydroxylation is 1. The average Bonchev–Trinajstić information content (AvgIpc) is 3.40. The Balaban J connectivity index is 1.39. The third-order valence-electron chi connectivity index (χ3n) is 7.92. The molecule has 2 aromatic carbocycles. The number of imidazole rings is 1. The van der Waals surface area contributed by atoms with Gasteiger partial charge in [-0.2, -0.15) is 0 Å². The van der Waals surface area contributed by atoms with Gasteiger partial charge in [0.15, 0.2) is 5.79 Å². The first-order chi connectivity index (χ1) is 15.1. The zero-order valence-corrected chi connectivity index (χ0v) is 18.4. The molecule has 1 aromatic heterocycles. The van der Waals surface area contributed by atoms with E-state index in [9.17, 15) is 0 Å². The number of benzene rings is 2. The molecule has 6 rings (SSSR count). The van der Waals surface area contributed by atoms with Crippen molar-refractivity contribution < 1.29 is 9.47 Å². The number of hydrogen-bond acceptors (Lipinski definition) is 3. The molecule has 0 N–H and O–H groups in total. The maximum Gasteiger partial charge on any atom is 0.168 e. The van der Waals surface area contributed by atoms with Crippen LogP contribution in [-0.2, 0) is 21.3 Å². The number of rotatable bonds is 2. The minimum atomic E-state index is -0.330. The molecular formula is C27H30N2O2. The highest BCUT2D eigenvalue weighted by Gasteiger charge is 2.53. The molecule has 1 spiro atoms. The molecular weight excluding hydrogens is 384 g/mol. The number of nitrogens with zero attached hydrogens (tertiary/aromatic N) is 2. The highest BCUT2D eigenvalue weighted by molar-refractivity contribution is 5.66. The van der Waals surface area contributed by atoms with E-state index in [1.54, 1.807) is 0 Å². The highest BCUT2D eigenvalue weighted by Crippen LogP contribution is 2.54. The van der Waals surface area contributed by atoms with Crippen molar-refractivity contribution in [2.24, 2.45) is 5.92 Å². The quantitative estimate of drug-likeness (QED) is 0.548. The molecule has 0 amide bonds. The Hall–Kier alpha value is -2.43. The van der Waals surface area contributed by atoms with E-state index in [0.29, 0.717) is 5.92 Å². The molecule has 2 aliphatic carbocycles. The van der Waals surface area contributed by atoms with Crippen LogP contribution < -0.4 is 0 Å². The summed E-state index contributed by atoms with van der Waals surface area (Å²) in [7, 11) is 0. The largest absolute Gasteiger partial charge is 0.348 e. The summed E-state index contributed by atoms with van der Waals surface area (Å²) >= 11 is 0. The van der Waals surface area contributed by atoms with Gasteiger partial charge in [-0.25, -0.2) is 4.98 Å². The van der Waals surface area contributed by atoms with Crippen molar-refractivity contribution in [3.05, 3.63) is 71.8 Å². The minimum absolute atomic E-state index is 0.0984. The predicted molar refractivity (Wildman–Crippen MR) is 121 cm³/mol. The fourth-order valence-corrected chi connectivity index (χ4v) is 6.22. The van der Waals surface area contributed by atoms with Gasteiger partial charge in [0.2, 0.25) is 0 Å². The summed E-state index contributed by atoms with van der Waals surface area (Å²) in [5.74, 6) is 1.32. The van der Waals surface area contributed by atoms with Crippen LogP contribution in [0.25, 0.3) is 16.8 Å². The Morgan fingerprint density at radius 1 is 0.968 bits per heavy atom. The Morgan fingerprint density at radius 3 is 2.55 bits per heavy atom. The third kappa shape index (κ3) is 3.00. The van der Waals surface area contributed by atoms with Crippen molar-refractivity contribution in [2.45, 2.75) is 57.2 Å². The molecule has 2 fully saturated rings. The van der Waals surface area contributed by atoms with E-state index in [2.05, 4.69) is 73.0 Å². The van der Waals surface area contributed by atoms with Crippen LogP contribution >= 0.6 is 0 Å². The van der Waals surface area contributed by atoms with Crippen LogP contribution in [0.5, 0.6) is 0 Å². The van der Waals surface area contributed by atoms with E-state index in [4.69, 9.17) is 14.5 Å². The Bertz CT molecular complexity index is 1110. The van der Waals surface area contributed by atoms with Gasteiger partial charge in [0.25, 0.3) is 0 Å². The van der Waals surface area contributed by atoms with Gasteiger partial charge in [0.05, 0.1) is 18.9 Å². The maximum absolute atomic E-state index is 6.07. The smallest absolute Gasteiger partial charge is 0.168 e. The molecule has 3 aliphatic rings. The second-order valence-electron chi connectivity index (χ2n) is 9.67. The van der Waals surface area contributed by atoms with E-state index in [1.165, 1.54) is 34.6 Å². The minimum Gasteiger partial charge on any atom is -0.348 e. The molecule has 1 saturated heterocycles. The number of hydrogen-bond donors (Lipinski definition) is 0. The van der Waals surface area contributed by atoms with Gasteiger partial charge in [0.1, 0.15) is 5.82 Å². The number of aromatic nitrogens is 2. The van der Waals surface area contributed by atoms with E-state index in [0.717, 1.165) is 44.7 Å². The summed E-state index contributed by atoms with van der Waals surface area (Å²) in [4.78, 5) is 5.18. The topological polar surface area (TPSA) is 36.3 Å². The van der Waals surface area contributed by atoms with Crippen LogP contribution in [0.1, 0.15) is 49.8 Å². The summed E-state index contributed by atoms with van der Waals surface area (Å²) in [6.07, 6.45) is 5.27.